The van der Waals surface area contributed by atoms with Gasteiger partial charge >= 0.3 is 0 Å². The van der Waals surface area contributed by atoms with Crippen molar-refractivity contribution in [2.45, 2.75) is 80.3 Å². The average molecular weight is 561 g/mol. The van der Waals surface area contributed by atoms with Crippen molar-refractivity contribution in [3.63, 3.8) is 0 Å². The zero-order chi connectivity index (χ0) is 30.9. The van der Waals surface area contributed by atoms with Gasteiger partial charge in [0.2, 0.25) is 5.91 Å². The van der Waals surface area contributed by atoms with Crippen LogP contribution in [0.15, 0.2) is 103 Å². The highest BCUT2D eigenvalue weighted by Crippen LogP contribution is 2.13. The third-order valence-electron chi connectivity index (χ3n) is 6.09. The summed E-state index contributed by atoms with van der Waals surface area (Å²) in [6.45, 7) is 16.9. The topological polar surface area (TPSA) is 84.4 Å². The molecule has 1 aliphatic rings. The van der Waals surface area contributed by atoms with E-state index < -0.39 is 0 Å². The largest absolute Gasteiger partial charge is 0.397 e. The normalized spacial score (nSPS) is 12.0. The van der Waals surface area contributed by atoms with Gasteiger partial charge in [0, 0.05) is 30.9 Å². The summed E-state index contributed by atoms with van der Waals surface area (Å²) in [5, 5.41) is 3.21. The van der Waals surface area contributed by atoms with Gasteiger partial charge in [0.15, 0.2) is 0 Å². The van der Waals surface area contributed by atoms with Crippen LogP contribution < -0.4 is 16.8 Å². The zero-order valence-corrected chi connectivity index (χ0v) is 26.6. The number of carbonyl (C=O) groups excluding carboxylic acids is 1. The minimum Gasteiger partial charge on any atom is -0.397 e. The van der Waals surface area contributed by atoms with E-state index in [9.17, 15) is 4.79 Å². The fraction of sp³-hybridized carbons (Fsp3) is 0.417. The van der Waals surface area contributed by atoms with E-state index in [1.54, 1.807) is 0 Å². The number of benzene rings is 2. The third kappa shape index (κ3) is 17.7. The number of nitrogens with one attached hydrogen (secondary N) is 1. The highest BCUT2D eigenvalue weighted by Gasteiger charge is 2.19. The summed E-state index contributed by atoms with van der Waals surface area (Å²) in [6.07, 6.45) is 14.5. The van der Waals surface area contributed by atoms with Crippen molar-refractivity contribution < 1.29 is 4.79 Å². The third-order valence-corrected chi connectivity index (χ3v) is 6.09. The van der Waals surface area contributed by atoms with Gasteiger partial charge in [-0.3, -0.25) is 4.79 Å². The van der Waals surface area contributed by atoms with Crippen molar-refractivity contribution in [3.8, 4) is 0 Å². The molecule has 1 aliphatic carbocycles. The van der Waals surface area contributed by atoms with E-state index in [2.05, 4.69) is 38.2 Å². The van der Waals surface area contributed by atoms with E-state index >= 15 is 0 Å². The molecule has 5 heteroatoms. The van der Waals surface area contributed by atoms with Crippen LogP contribution in [-0.2, 0) is 11.3 Å². The molecular formula is C36H56N4O. The second-order valence-electron chi connectivity index (χ2n) is 10.1. The van der Waals surface area contributed by atoms with Gasteiger partial charge in [-0.15, -0.1) is 0 Å². The first kappa shape index (κ1) is 37.4. The van der Waals surface area contributed by atoms with Gasteiger partial charge in [-0.1, -0.05) is 132 Å². The minimum atomic E-state index is 0.129. The predicted octanol–water partition coefficient (Wildman–Crippen LogP) is 7.83. The first-order valence-corrected chi connectivity index (χ1v) is 15.1. The number of rotatable bonds is 10. The number of allylic oxidation sites excluding steroid dienone is 5. The van der Waals surface area contributed by atoms with E-state index in [0.29, 0.717) is 13.0 Å². The molecule has 5 nitrogen and oxygen atoms in total. The van der Waals surface area contributed by atoms with Crippen LogP contribution in [0.4, 0.5) is 0 Å². The molecule has 2 aromatic carbocycles. The van der Waals surface area contributed by atoms with Crippen LogP contribution >= 0.6 is 0 Å². The number of carbonyl (C=O) groups is 1. The number of amides is 1. The molecule has 0 aliphatic heterocycles. The molecule has 41 heavy (non-hydrogen) atoms. The summed E-state index contributed by atoms with van der Waals surface area (Å²) >= 11 is 0. The summed E-state index contributed by atoms with van der Waals surface area (Å²) < 4.78 is 0. The van der Waals surface area contributed by atoms with Crippen molar-refractivity contribution in [3.05, 3.63) is 114 Å². The highest BCUT2D eigenvalue weighted by atomic mass is 16.2. The van der Waals surface area contributed by atoms with E-state index in [1.165, 1.54) is 12.0 Å². The van der Waals surface area contributed by atoms with Crippen molar-refractivity contribution in [2.75, 3.05) is 13.1 Å². The maximum Gasteiger partial charge on any atom is 0.250 e. The summed E-state index contributed by atoms with van der Waals surface area (Å²) in [4.78, 5) is 14.2. The number of hydrogen-bond donors (Lipinski definition) is 3. The Morgan fingerprint density at radius 1 is 0.951 bits per heavy atom. The van der Waals surface area contributed by atoms with Gasteiger partial charge in [0.1, 0.15) is 0 Å². The van der Waals surface area contributed by atoms with Crippen LogP contribution in [0.3, 0.4) is 0 Å². The zero-order valence-electron chi connectivity index (χ0n) is 26.6. The lowest BCUT2D eigenvalue weighted by Crippen LogP contribution is -2.39. The molecule has 0 saturated carbocycles. The van der Waals surface area contributed by atoms with Crippen molar-refractivity contribution in [1.82, 2.24) is 10.2 Å². The van der Waals surface area contributed by atoms with Gasteiger partial charge in [-0.05, 0) is 50.3 Å². The molecule has 226 valence electrons. The van der Waals surface area contributed by atoms with E-state index in [4.69, 9.17) is 11.5 Å². The van der Waals surface area contributed by atoms with Gasteiger partial charge in [0.25, 0.3) is 0 Å². The molecule has 1 amide bonds. The quantitative estimate of drug-likeness (QED) is 0.276. The standard InChI is InChI=1S/C15H16N2.C14H22N2O.C5H12.C2H6/c16-15(14-9-5-2-6-10-14)12-17-11-13-7-3-1-4-8-13;1-12(2)16(11-7-10-15)14(17)13-8-5-3-4-6-9-13;1-4-5(2)3;1-2/h1-10,12,17H,11,16H2;3-6,8,12H,7,9-11,15H2,1-2H3;5H,4H2,1-3H3;1-2H3/b15-12-;;;. The van der Waals surface area contributed by atoms with Crippen LogP contribution in [-0.4, -0.2) is 29.9 Å². The van der Waals surface area contributed by atoms with Crippen LogP contribution in [0.2, 0.25) is 0 Å². The maximum atomic E-state index is 12.3. The monoisotopic (exact) mass is 560 g/mol. The highest BCUT2D eigenvalue weighted by molar-refractivity contribution is 5.94. The Bertz CT molecular complexity index is 1040. The molecule has 2 aromatic rings. The van der Waals surface area contributed by atoms with Crippen molar-refractivity contribution in [2.24, 2.45) is 17.4 Å². The molecular weight excluding hydrogens is 504 g/mol. The minimum absolute atomic E-state index is 0.129. The lowest BCUT2D eigenvalue weighted by Gasteiger charge is -2.27. The molecule has 0 saturated heterocycles. The molecule has 5 N–H and O–H groups in total. The molecule has 0 atom stereocenters. The number of nitrogens with two attached hydrogens (primary N) is 2. The van der Waals surface area contributed by atoms with Gasteiger partial charge < -0.3 is 21.7 Å². The van der Waals surface area contributed by atoms with E-state index in [-0.39, 0.29) is 11.9 Å². The van der Waals surface area contributed by atoms with Crippen molar-refractivity contribution in [1.29, 1.82) is 0 Å². The van der Waals surface area contributed by atoms with Gasteiger partial charge in [0.05, 0.1) is 5.70 Å². The fourth-order valence-electron chi connectivity index (χ4n) is 3.37. The molecule has 0 aromatic heterocycles. The van der Waals surface area contributed by atoms with Gasteiger partial charge in [-0.2, -0.15) is 0 Å². The molecule has 0 radical (unpaired) electrons. The Labute approximate surface area is 251 Å². The molecule has 0 fully saturated rings. The van der Waals surface area contributed by atoms with Crippen LogP contribution in [0.1, 0.15) is 78.9 Å². The first-order valence-electron chi connectivity index (χ1n) is 15.1. The van der Waals surface area contributed by atoms with Crippen LogP contribution in [0.25, 0.3) is 5.70 Å². The van der Waals surface area contributed by atoms with E-state index in [1.807, 2.05) is 118 Å². The Morgan fingerprint density at radius 3 is 2.07 bits per heavy atom. The van der Waals surface area contributed by atoms with Gasteiger partial charge in [-0.25, -0.2) is 0 Å². The second-order valence-corrected chi connectivity index (χ2v) is 10.1. The van der Waals surface area contributed by atoms with Crippen LogP contribution in [0.5, 0.6) is 0 Å². The lowest BCUT2D eigenvalue weighted by atomic mass is 10.1. The second kappa shape index (κ2) is 24.2. The molecule has 0 bridgehead atoms. The number of hydrogen-bond acceptors (Lipinski definition) is 4. The fourth-order valence-corrected chi connectivity index (χ4v) is 3.37. The summed E-state index contributed by atoms with van der Waals surface area (Å²) in [5.41, 5.74) is 15.3. The summed E-state index contributed by atoms with van der Waals surface area (Å²) in [6, 6.07) is 20.4. The molecule has 3 rings (SSSR count). The van der Waals surface area contributed by atoms with Crippen molar-refractivity contribution >= 4 is 11.6 Å². The summed E-state index contributed by atoms with van der Waals surface area (Å²) in [5.74, 6) is 1.01. The Kier molecular flexibility index (Phi) is 22.1. The van der Waals surface area contributed by atoms with E-state index in [0.717, 1.165) is 42.3 Å². The SMILES string of the molecule is CC.CC(C)N(CCCN)C(=O)C1=CC=CC=CC1.CCC(C)C.N/C(=C\NCc1ccccc1)c1ccccc1. The first-order chi connectivity index (χ1) is 19.8. The number of nitrogens with zero attached hydrogens (tertiary/aromatic N) is 1. The summed E-state index contributed by atoms with van der Waals surface area (Å²) in [7, 11) is 0. The predicted molar refractivity (Wildman–Crippen MR) is 180 cm³/mol. The molecule has 0 unspecified atom stereocenters. The average Bonchev–Trinajstić information content (AvgIpc) is 3.29. The smallest absolute Gasteiger partial charge is 0.250 e. The molecule has 0 spiro atoms. The Hall–Kier alpha value is -3.57. The Balaban J connectivity index is 0.000000638. The maximum absolute atomic E-state index is 12.3. The lowest BCUT2D eigenvalue weighted by molar-refractivity contribution is -0.128. The Morgan fingerprint density at radius 2 is 1.54 bits per heavy atom. The molecule has 0 heterocycles. The van der Waals surface area contributed by atoms with Crippen LogP contribution in [0, 0.1) is 5.92 Å².